The Morgan fingerprint density at radius 1 is 1.11 bits per heavy atom. The molecule has 5 nitrogen and oxygen atoms in total. The second-order valence-electron chi connectivity index (χ2n) is 6.48. The Balaban J connectivity index is 0.00000210. The second-order valence-corrected chi connectivity index (χ2v) is 6.48. The maximum atomic E-state index is 4.47. The Morgan fingerprint density at radius 2 is 1.89 bits per heavy atom. The molecule has 0 amide bonds. The van der Waals surface area contributed by atoms with Gasteiger partial charge in [-0.2, -0.15) is 0 Å². The Bertz CT molecular complexity index is 887. The zero-order valence-corrected chi connectivity index (χ0v) is 17.7. The highest BCUT2D eigenvalue weighted by Crippen LogP contribution is 2.27. The van der Waals surface area contributed by atoms with E-state index in [4.69, 9.17) is 0 Å². The van der Waals surface area contributed by atoms with Crippen molar-refractivity contribution in [2.75, 3.05) is 18.5 Å². The van der Waals surface area contributed by atoms with Crippen molar-refractivity contribution in [1.82, 2.24) is 14.9 Å². The van der Waals surface area contributed by atoms with Gasteiger partial charge in [-0.05, 0) is 29.2 Å². The maximum Gasteiger partial charge on any atom is 0.198 e. The molecule has 4 rings (SSSR count). The van der Waals surface area contributed by atoms with Crippen LogP contribution in [0, 0.1) is 0 Å². The molecule has 0 radical (unpaired) electrons. The summed E-state index contributed by atoms with van der Waals surface area (Å²) in [7, 11) is 1.84. The number of rotatable bonds is 4. The van der Waals surface area contributed by atoms with Crippen molar-refractivity contribution in [2.45, 2.75) is 19.5 Å². The molecule has 6 heteroatoms. The van der Waals surface area contributed by atoms with E-state index in [0.29, 0.717) is 0 Å². The lowest BCUT2D eigenvalue weighted by Gasteiger charge is -2.22. The molecular formula is C21H24IN5. The van der Waals surface area contributed by atoms with E-state index in [9.17, 15) is 0 Å². The summed E-state index contributed by atoms with van der Waals surface area (Å²) < 4.78 is 2.07. The van der Waals surface area contributed by atoms with Crippen LogP contribution in [0.1, 0.15) is 16.7 Å². The smallest absolute Gasteiger partial charge is 0.198 e. The molecule has 0 saturated heterocycles. The van der Waals surface area contributed by atoms with Gasteiger partial charge in [0.1, 0.15) is 0 Å². The van der Waals surface area contributed by atoms with E-state index in [-0.39, 0.29) is 24.0 Å². The minimum atomic E-state index is 0. The molecule has 0 bridgehead atoms. The van der Waals surface area contributed by atoms with E-state index < -0.39 is 0 Å². The van der Waals surface area contributed by atoms with Crippen LogP contribution in [-0.2, 0) is 19.5 Å². The number of imidazole rings is 1. The van der Waals surface area contributed by atoms with Gasteiger partial charge >= 0.3 is 0 Å². The molecule has 1 aliphatic rings. The minimum Gasteiger partial charge on any atom is -0.352 e. The highest BCUT2D eigenvalue weighted by Gasteiger charge is 2.22. The van der Waals surface area contributed by atoms with E-state index in [1.807, 2.05) is 19.6 Å². The molecular weight excluding hydrogens is 449 g/mol. The van der Waals surface area contributed by atoms with Gasteiger partial charge in [0, 0.05) is 44.8 Å². The van der Waals surface area contributed by atoms with Crippen LogP contribution in [0.15, 0.2) is 72.2 Å². The zero-order valence-electron chi connectivity index (χ0n) is 15.4. The fraction of sp³-hybridized carbons (Fsp3) is 0.238. The summed E-state index contributed by atoms with van der Waals surface area (Å²) in [4.78, 5) is 10.8. The third-order valence-corrected chi connectivity index (χ3v) is 4.75. The van der Waals surface area contributed by atoms with Gasteiger partial charge in [0.15, 0.2) is 5.96 Å². The predicted octanol–water partition coefficient (Wildman–Crippen LogP) is 3.69. The van der Waals surface area contributed by atoms with Crippen LogP contribution in [-0.4, -0.2) is 29.1 Å². The topological polar surface area (TPSA) is 45.5 Å². The molecule has 1 aromatic heterocycles. The predicted molar refractivity (Wildman–Crippen MR) is 121 cm³/mol. The van der Waals surface area contributed by atoms with Crippen LogP contribution < -0.4 is 10.2 Å². The molecule has 0 aliphatic carbocycles. The molecule has 2 aromatic carbocycles. The van der Waals surface area contributed by atoms with Crippen LogP contribution in [0.25, 0.3) is 0 Å². The number of nitrogens with one attached hydrogen (secondary N) is 1. The first-order valence-corrected chi connectivity index (χ1v) is 8.93. The monoisotopic (exact) mass is 473 g/mol. The van der Waals surface area contributed by atoms with Gasteiger partial charge in [0.2, 0.25) is 0 Å². The number of anilines is 1. The van der Waals surface area contributed by atoms with E-state index >= 15 is 0 Å². The summed E-state index contributed by atoms with van der Waals surface area (Å²) in [6, 6.07) is 17.2. The molecule has 0 fully saturated rings. The fourth-order valence-electron chi connectivity index (χ4n) is 3.39. The van der Waals surface area contributed by atoms with Gasteiger partial charge in [-0.15, -0.1) is 24.0 Å². The fourth-order valence-corrected chi connectivity index (χ4v) is 3.39. The number of halogens is 1. The average molecular weight is 473 g/mol. The van der Waals surface area contributed by atoms with Gasteiger partial charge < -0.3 is 14.8 Å². The average Bonchev–Trinajstić information content (AvgIpc) is 3.34. The van der Waals surface area contributed by atoms with Gasteiger partial charge in [-0.1, -0.05) is 42.5 Å². The van der Waals surface area contributed by atoms with Crippen LogP contribution in [0.5, 0.6) is 0 Å². The van der Waals surface area contributed by atoms with Crippen molar-refractivity contribution < 1.29 is 0 Å². The van der Waals surface area contributed by atoms with Crippen molar-refractivity contribution >= 4 is 35.6 Å². The Labute approximate surface area is 177 Å². The summed E-state index contributed by atoms with van der Waals surface area (Å²) in [5, 5.41) is 3.49. The molecule has 1 N–H and O–H groups in total. The van der Waals surface area contributed by atoms with Crippen molar-refractivity contribution in [1.29, 1.82) is 0 Å². The standard InChI is InChI=1S/C21H23N5.HI/c1-22-21(26-12-10-19-4-2-3-5-20(19)26)24-14-17-6-8-18(9-7-17)15-25-13-11-23-16-25;/h2-9,11,13,16H,10,12,14-15H2,1H3,(H,22,24);1H. The first-order chi connectivity index (χ1) is 12.8. The number of fused-ring (bicyclic) bond motifs is 1. The molecule has 1 aliphatic heterocycles. The lowest BCUT2D eigenvalue weighted by molar-refractivity contribution is 0.795. The van der Waals surface area contributed by atoms with Gasteiger partial charge in [-0.3, -0.25) is 4.99 Å². The Kier molecular flexibility index (Phi) is 6.49. The van der Waals surface area contributed by atoms with Crippen LogP contribution >= 0.6 is 24.0 Å². The Morgan fingerprint density at radius 3 is 2.63 bits per heavy atom. The van der Waals surface area contributed by atoms with E-state index in [0.717, 1.165) is 32.0 Å². The van der Waals surface area contributed by atoms with Crippen molar-refractivity contribution in [2.24, 2.45) is 4.99 Å². The number of aliphatic imine (C=N–C) groups is 1. The van der Waals surface area contributed by atoms with Crippen molar-refractivity contribution in [3.05, 3.63) is 83.9 Å². The first kappa shape index (κ1) is 19.4. The lowest BCUT2D eigenvalue weighted by Crippen LogP contribution is -2.40. The molecule has 0 unspecified atom stereocenters. The molecule has 2 heterocycles. The third kappa shape index (κ3) is 4.50. The van der Waals surface area contributed by atoms with E-state index in [2.05, 4.69) is 73.3 Å². The maximum absolute atomic E-state index is 4.47. The van der Waals surface area contributed by atoms with Crippen LogP contribution in [0.3, 0.4) is 0 Å². The van der Waals surface area contributed by atoms with Crippen molar-refractivity contribution in [3.8, 4) is 0 Å². The number of aromatic nitrogens is 2. The van der Waals surface area contributed by atoms with E-state index in [1.54, 1.807) is 6.20 Å². The lowest BCUT2D eigenvalue weighted by atomic mass is 10.1. The highest BCUT2D eigenvalue weighted by atomic mass is 127. The molecule has 140 valence electrons. The van der Waals surface area contributed by atoms with Gasteiger partial charge in [0.25, 0.3) is 0 Å². The zero-order chi connectivity index (χ0) is 17.8. The number of guanidine groups is 1. The largest absolute Gasteiger partial charge is 0.352 e. The molecule has 0 saturated carbocycles. The third-order valence-electron chi connectivity index (χ3n) is 4.75. The van der Waals surface area contributed by atoms with Gasteiger partial charge in [0.05, 0.1) is 6.33 Å². The molecule has 3 aromatic rings. The SMILES string of the molecule is CN=C(NCc1ccc(Cn2ccnc2)cc1)N1CCc2ccccc21.I. The minimum absolute atomic E-state index is 0. The number of para-hydroxylation sites is 1. The Hall–Kier alpha value is -2.35. The number of nitrogens with zero attached hydrogens (tertiary/aromatic N) is 4. The molecule has 0 spiro atoms. The number of hydrogen-bond acceptors (Lipinski definition) is 2. The van der Waals surface area contributed by atoms with Gasteiger partial charge in [-0.25, -0.2) is 4.98 Å². The molecule has 0 atom stereocenters. The number of hydrogen-bond donors (Lipinski definition) is 1. The first-order valence-electron chi connectivity index (χ1n) is 8.93. The summed E-state index contributed by atoms with van der Waals surface area (Å²) in [6.45, 7) is 2.58. The quantitative estimate of drug-likeness (QED) is 0.357. The molecule has 27 heavy (non-hydrogen) atoms. The normalized spacial score (nSPS) is 13.2. The number of benzene rings is 2. The van der Waals surface area contributed by atoms with Crippen LogP contribution in [0.2, 0.25) is 0 Å². The summed E-state index contributed by atoms with van der Waals surface area (Å²) in [6.07, 6.45) is 6.70. The second kappa shape index (κ2) is 9.03. The van der Waals surface area contributed by atoms with Crippen molar-refractivity contribution in [3.63, 3.8) is 0 Å². The summed E-state index contributed by atoms with van der Waals surface area (Å²) in [5.74, 6) is 0.928. The summed E-state index contributed by atoms with van der Waals surface area (Å²) >= 11 is 0. The summed E-state index contributed by atoms with van der Waals surface area (Å²) in [5.41, 5.74) is 5.16. The van der Waals surface area contributed by atoms with Crippen LogP contribution in [0.4, 0.5) is 5.69 Å². The van der Waals surface area contributed by atoms with E-state index in [1.165, 1.54) is 22.4 Å². The highest BCUT2D eigenvalue weighted by molar-refractivity contribution is 14.0.